The van der Waals surface area contributed by atoms with Crippen LogP contribution in [0.4, 0.5) is 0 Å². The first-order valence-electron chi connectivity index (χ1n) is 12.2. The molecule has 4 nitrogen and oxygen atoms in total. The smallest absolute Gasteiger partial charge is 0.162 e. The van der Waals surface area contributed by atoms with Crippen LogP contribution in [-0.4, -0.2) is 11.6 Å². The predicted molar refractivity (Wildman–Crippen MR) is 133 cm³/mol. The maximum absolute atomic E-state index is 13.5. The Balaban J connectivity index is 1.56. The first kappa shape index (κ1) is 22.6. The normalized spacial score (nSPS) is 21.6. The highest BCUT2D eigenvalue weighted by Gasteiger charge is 2.46. The summed E-state index contributed by atoms with van der Waals surface area (Å²) in [5, 5.41) is 3.58. The lowest BCUT2D eigenvalue weighted by Crippen LogP contribution is -2.42. The molecule has 2 aliphatic carbocycles. The van der Waals surface area contributed by atoms with Gasteiger partial charge in [-0.2, -0.15) is 0 Å². The number of hydrogen-bond acceptors (Lipinski definition) is 4. The molecule has 0 unspecified atom stereocenters. The van der Waals surface area contributed by atoms with Crippen molar-refractivity contribution < 1.29 is 14.3 Å². The van der Waals surface area contributed by atoms with Crippen LogP contribution in [0, 0.1) is 10.8 Å². The zero-order chi connectivity index (χ0) is 24.1. The van der Waals surface area contributed by atoms with Crippen molar-refractivity contribution in [2.24, 2.45) is 10.8 Å². The summed E-state index contributed by atoms with van der Waals surface area (Å²) in [7, 11) is 0. The van der Waals surface area contributed by atoms with Crippen LogP contribution in [-0.2, 0) is 16.2 Å². The lowest BCUT2D eigenvalue weighted by atomic mass is 9.64. The topological polar surface area (TPSA) is 55.4 Å². The van der Waals surface area contributed by atoms with Crippen LogP contribution in [0.15, 0.2) is 77.1 Å². The number of Topliss-reactive ketones (excluding diaryl/α,β-unsaturated/α-hetero) is 2. The second kappa shape index (κ2) is 8.26. The van der Waals surface area contributed by atoms with Gasteiger partial charge in [0.15, 0.2) is 11.6 Å². The molecule has 0 radical (unpaired) electrons. The third-order valence-corrected chi connectivity index (χ3v) is 7.16. The molecular weight excluding hydrogens is 422 g/mol. The van der Waals surface area contributed by atoms with E-state index in [1.54, 1.807) is 0 Å². The fraction of sp³-hybridized carbons (Fsp3) is 0.400. The summed E-state index contributed by atoms with van der Waals surface area (Å²) in [5.41, 5.74) is 5.38. The minimum Gasteiger partial charge on any atom is -0.489 e. The van der Waals surface area contributed by atoms with E-state index in [2.05, 4.69) is 33.0 Å². The van der Waals surface area contributed by atoms with E-state index in [-0.39, 0.29) is 28.3 Å². The highest BCUT2D eigenvalue weighted by molar-refractivity contribution is 6.06. The molecular formula is C30H33NO3. The van der Waals surface area contributed by atoms with Crippen LogP contribution in [0.25, 0.3) is 0 Å². The minimum atomic E-state index is -0.335. The number of allylic oxidation sites excluding steroid dienone is 4. The molecule has 0 saturated carbocycles. The molecule has 0 amide bonds. The molecule has 0 bridgehead atoms. The third kappa shape index (κ3) is 4.34. The molecule has 1 heterocycles. The highest BCUT2D eigenvalue weighted by Crippen LogP contribution is 2.51. The van der Waals surface area contributed by atoms with Gasteiger partial charge in [0.2, 0.25) is 0 Å². The summed E-state index contributed by atoms with van der Waals surface area (Å²) in [6.07, 6.45) is 2.60. The van der Waals surface area contributed by atoms with E-state index in [0.717, 1.165) is 52.3 Å². The fourth-order valence-electron chi connectivity index (χ4n) is 5.75. The highest BCUT2D eigenvalue weighted by atomic mass is 16.5. The SMILES string of the molecule is CC1(C)CC(=O)C2=C(C1)NC1=C(C(=O)CC(C)(C)C1)C2c1cccc(OCc2ccccc2)c1. The summed E-state index contributed by atoms with van der Waals surface area (Å²) in [5.74, 6) is 0.696. The Kier molecular flexibility index (Phi) is 5.50. The van der Waals surface area contributed by atoms with E-state index in [0.29, 0.717) is 19.4 Å². The average molecular weight is 456 g/mol. The number of ketones is 2. The van der Waals surface area contributed by atoms with Crippen molar-refractivity contribution in [3.8, 4) is 5.75 Å². The van der Waals surface area contributed by atoms with Crippen LogP contribution in [0.5, 0.6) is 5.75 Å². The Hall–Kier alpha value is -3.14. The zero-order valence-electron chi connectivity index (χ0n) is 20.5. The standard InChI is InChI=1S/C30H33NO3/c1-29(2)14-22-27(24(32)16-29)26(28-23(31-22)15-30(3,4)17-25(28)33)20-11-8-12-21(13-20)34-18-19-9-6-5-7-10-19/h5-13,26,31H,14-18H2,1-4H3. The maximum Gasteiger partial charge on any atom is 0.162 e. The molecule has 1 aliphatic heterocycles. The lowest BCUT2D eigenvalue weighted by molar-refractivity contribution is -0.119. The second-order valence-corrected chi connectivity index (χ2v) is 11.6. The van der Waals surface area contributed by atoms with E-state index in [1.165, 1.54) is 0 Å². The van der Waals surface area contributed by atoms with Crippen LogP contribution in [0.2, 0.25) is 0 Å². The van der Waals surface area contributed by atoms with Crippen molar-refractivity contribution in [3.05, 3.63) is 88.3 Å². The number of nitrogens with one attached hydrogen (secondary N) is 1. The molecule has 176 valence electrons. The number of benzene rings is 2. The van der Waals surface area contributed by atoms with Gasteiger partial charge in [-0.1, -0.05) is 70.2 Å². The summed E-state index contributed by atoms with van der Waals surface area (Å²) in [4.78, 5) is 26.9. The maximum atomic E-state index is 13.5. The van der Waals surface area contributed by atoms with Gasteiger partial charge in [-0.05, 0) is 46.9 Å². The van der Waals surface area contributed by atoms with Gasteiger partial charge in [0.25, 0.3) is 0 Å². The second-order valence-electron chi connectivity index (χ2n) is 11.6. The van der Waals surface area contributed by atoms with Gasteiger partial charge in [0, 0.05) is 41.3 Å². The zero-order valence-corrected chi connectivity index (χ0v) is 20.5. The molecule has 3 aliphatic rings. The number of dihydropyridines is 1. The quantitative estimate of drug-likeness (QED) is 0.593. The fourth-order valence-corrected chi connectivity index (χ4v) is 5.75. The molecule has 0 atom stereocenters. The van der Waals surface area contributed by atoms with Gasteiger partial charge in [0.05, 0.1) is 0 Å². The molecule has 2 aromatic rings. The van der Waals surface area contributed by atoms with Crippen LogP contribution >= 0.6 is 0 Å². The number of hydrogen-bond donors (Lipinski definition) is 1. The van der Waals surface area contributed by atoms with Crippen molar-refractivity contribution >= 4 is 11.6 Å². The van der Waals surface area contributed by atoms with Crippen molar-refractivity contribution in [2.75, 3.05) is 0 Å². The number of carbonyl (C=O) groups excluding carboxylic acids is 2. The Morgan fingerprint density at radius 3 is 1.97 bits per heavy atom. The Bertz CT molecular complexity index is 1160. The molecule has 34 heavy (non-hydrogen) atoms. The third-order valence-electron chi connectivity index (χ3n) is 7.16. The molecule has 0 fully saturated rings. The Labute approximate surface area is 202 Å². The summed E-state index contributed by atoms with van der Waals surface area (Å²) < 4.78 is 6.10. The van der Waals surface area contributed by atoms with Crippen LogP contribution < -0.4 is 10.1 Å². The first-order chi connectivity index (χ1) is 16.1. The first-order valence-corrected chi connectivity index (χ1v) is 12.2. The van der Waals surface area contributed by atoms with Gasteiger partial charge in [0.1, 0.15) is 12.4 Å². The van der Waals surface area contributed by atoms with E-state index in [9.17, 15) is 9.59 Å². The van der Waals surface area contributed by atoms with Crippen molar-refractivity contribution in [1.82, 2.24) is 5.32 Å². The van der Waals surface area contributed by atoms with Crippen LogP contribution in [0.1, 0.15) is 70.4 Å². The molecule has 0 saturated heterocycles. The Morgan fingerprint density at radius 1 is 0.794 bits per heavy atom. The number of carbonyl (C=O) groups is 2. The summed E-state index contributed by atoms with van der Waals surface area (Å²) >= 11 is 0. The molecule has 0 aromatic heterocycles. The predicted octanol–water partition coefficient (Wildman–Crippen LogP) is 6.24. The van der Waals surface area contributed by atoms with Crippen molar-refractivity contribution in [1.29, 1.82) is 0 Å². The van der Waals surface area contributed by atoms with E-state index < -0.39 is 0 Å². The number of ether oxygens (including phenoxy) is 1. The number of rotatable bonds is 4. The van der Waals surface area contributed by atoms with E-state index >= 15 is 0 Å². The Morgan fingerprint density at radius 2 is 1.38 bits per heavy atom. The van der Waals surface area contributed by atoms with Gasteiger partial charge < -0.3 is 10.1 Å². The van der Waals surface area contributed by atoms with E-state index in [1.807, 2.05) is 54.6 Å². The van der Waals surface area contributed by atoms with Crippen molar-refractivity contribution in [3.63, 3.8) is 0 Å². The molecule has 4 heteroatoms. The largest absolute Gasteiger partial charge is 0.489 e. The molecule has 0 spiro atoms. The average Bonchev–Trinajstić information content (AvgIpc) is 2.75. The van der Waals surface area contributed by atoms with Crippen molar-refractivity contribution in [2.45, 2.75) is 65.9 Å². The molecule has 2 aromatic carbocycles. The lowest BCUT2D eigenvalue weighted by Gasteiger charge is -2.44. The summed E-state index contributed by atoms with van der Waals surface area (Å²) in [6.45, 7) is 9.04. The molecule has 1 N–H and O–H groups in total. The van der Waals surface area contributed by atoms with E-state index in [4.69, 9.17) is 4.74 Å². The monoisotopic (exact) mass is 455 g/mol. The van der Waals surface area contributed by atoms with Gasteiger partial charge in [-0.15, -0.1) is 0 Å². The minimum absolute atomic E-state index is 0.0969. The summed E-state index contributed by atoms with van der Waals surface area (Å²) in [6, 6.07) is 18.0. The molecule has 5 rings (SSSR count). The van der Waals surface area contributed by atoms with Gasteiger partial charge in [-0.25, -0.2) is 0 Å². The van der Waals surface area contributed by atoms with Crippen LogP contribution in [0.3, 0.4) is 0 Å². The van der Waals surface area contributed by atoms with Gasteiger partial charge >= 0.3 is 0 Å². The van der Waals surface area contributed by atoms with Gasteiger partial charge in [-0.3, -0.25) is 9.59 Å².